The Bertz CT molecular complexity index is 52.4. The van der Waals surface area contributed by atoms with Crippen molar-refractivity contribution >= 4 is 0 Å². The van der Waals surface area contributed by atoms with E-state index in [4.69, 9.17) is 8.06 Å². The van der Waals surface area contributed by atoms with E-state index < -0.39 is 0 Å². The molecular weight excluding hydrogens is 140 g/mol. The Hall–Kier alpha value is 0.474. The molecule has 8 heavy (non-hydrogen) atoms. The maximum absolute atomic E-state index is 8.25. The van der Waals surface area contributed by atoms with Crippen LogP contribution in [-0.4, -0.2) is 12.7 Å². The molecular formula is C5H10O2Ti. The molecule has 0 radical (unpaired) electrons. The standard InChI is InChI=1S/C5H10O.O.Ti/c1-5-3-2-4-6-5;;/h5H,2-4H2,1H3;;. The van der Waals surface area contributed by atoms with Gasteiger partial charge in [0, 0.05) is 6.61 Å². The van der Waals surface area contributed by atoms with Crippen LogP contribution in [0.2, 0.25) is 0 Å². The van der Waals surface area contributed by atoms with E-state index >= 15 is 0 Å². The molecule has 0 aliphatic carbocycles. The molecule has 0 aromatic rings. The average molecular weight is 150 g/mol. The molecule has 0 aromatic heterocycles. The van der Waals surface area contributed by atoms with E-state index in [9.17, 15) is 0 Å². The van der Waals surface area contributed by atoms with Crippen LogP contribution in [-0.2, 0) is 28.5 Å². The zero-order valence-corrected chi connectivity index (χ0v) is 6.58. The molecule has 1 aliphatic rings. The summed E-state index contributed by atoms with van der Waals surface area (Å²) in [5, 5.41) is 0. The molecule has 2 nitrogen and oxygen atoms in total. The van der Waals surface area contributed by atoms with Crippen LogP contribution in [0.4, 0.5) is 0 Å². The quantitative estimate of drug-likeness (QED) is 0.482. The van der Waals surface area contributed by atoms with Crippen molar-refractivity contribution in [2.24, 2.45) is 0 Å². The van der Waals surface area contributed by atoms with Gasteiger partial charge in [-0.1, -0.05) is 0 Å². The molecule has 46 valence electrons. The van der Waals surface area contributed by atoms with Gasteiger partial charge in [0.1, 0.15) is 0 Å². The van der Waals surface area contributed by atoms with Gasteiger partial charge in [0.25, 0.3) is 0 Å². The molecule has 3 heteroatoms. The molecule has 0 spiro atoms. The minimum atomic E-state index is 0.546. The molecule has 0 bridgehead atoms. The fourth-order valence-electron chi connectivity index (χ4n) is 0.739. The van der Waals surface area contributed by atoms with Crippen LogP contribution in [0.1, 0.15) is 19.8 Å². The molecule has 1 saturated heterocycles. The van der Waals surface area contributed by atoms with E-state index in [1.807, 2.05) is 0 Å². The van der Waals surface area contributed by atoms with Crippen LogP contribution in [0.3, 0.4) is 0 Å². The van der Waals surface area contributed by atoms with Crippen molar-refractivity contribution in [2.45, 2.75) is 25.9 Å². The molecule has 0 amide bonds. The zero-order chi connectivity index (χ0) is 6.41. The summed E-state index contributed by atoms with van der Waals surface area (Å²) in [5.74, 6) is 0. The molecule has 1 rings (SSSR count). The third kappa shape index (κ3) is 3.47. The first-order chi connectivity index (χ1) is 3.89. The van der Waals surface area contributed by atoms with Crippen LogP contribution in [0, 0.1) is 0 Å². The van der Waals surface area contributed by atoms with Gasteiger partial charge in [-0.3, -0.25) is 0 Å². The van der Waals surface area contributed by atoms with Gasteiger partial charge in [0.05, 0.1) is 6.10 Å². The number of ether oxygens (including phenoxy) is 1. The van der Waals surface area contributed by atoms with Gasteiger partial charge < -0.3 is 4.74 Å². The molecule has 0 N–H and O–H groups in total. The van der Waals surface area contributed by atoms with E-state index in [0.717, 1.165) is 27.0 Å². The van der Waals surface area contributed by atoms with Crippen molar-refractivity contribution in [1.82, 2.24) is 0 Å². The van der Waals surface area contributed by atoms with Crippen LogP contribution in [0.25, 0.3) is 0 Å². The Labute approximate surface area is 61.3 Å². The number of hydrogen-bond donors (Lipinski definition) is 0. The average Bonchev–Trinajstić information content (AvgIpc) is 2.24. The van der Waals surface area contributed by atoms with Gasteiger partial charge in [-0.15, -0.1) is 0 Å². The second kappa shape index (κ2) is 5.61. The van der Waals surface area contributed by atoms with Gasteiger partial charge in [0.15, 0.2) is 0 Å². The maximum atomic E-state index is 8.25. The monoisotopic (exact) mass is 150 g/mol. The first-order valence-corrected chi connectivity index (χ1v) is 3.35. The third-order valence-electron chi connectivity index (χ3n) is 1.16. The van der Waals surface area contributed by atoms with E-state index in [1.165, 1.54) is 12.8 Å². The first-order valence-electron chi connectivity index (χ1n) is 2.71. The Kier molecular flexibility index (Phi) is 5.94. The molecule has 1 heterocycles. The van der Waals surface area contributed by atoms with Gasteiger partial charge in [-0.05, 0) is 19.8 Å². The van der Waals surface area contributed by atoms with Crippen molar-refractivity contribution in [1.29, 1.82) is 0 Å². The molecule has 1 atom stereocenters. The van der Waals surface area contributed by atoms with Gasteiger partial charge in [0.2, 0.25) is 0 Å². The normalized spacial score (nSPS) is 26.2. The topological polar surface area (TPSA) is 26.3 Å². The van der Waals surface area contributed by atoms with Gasteiger partial charge in [-0.2, -0.15) is 0 Å². The number of rotatable bonds is 0. The van der Waals surface area contributed by atoms with E-state index in [1.54, 1.807) is 0 Å². The summed E-state index contributed by atoms with van der Waals surface area (Å²) >= 11 is 0.750. The van der Waals surface area contributed by atoms with E-state index in [0.29, 0.717) is 6.10 Å². The Morgan fingerprint density at radius 2 is 2.25 bits per heavy atom. The van der Waals surface area contributed by atoms with Crippen molar-refractivity contribution in [3.63, 3.8) is 0 Å². The van der Waals surface area contributed by atoms with Crippen molar-refractivity contribution in [3.05, 3.63) is 0 Å². The second-order valence-corrected chi connectivity index (χ2v) is 1.82. The summed E-state index contributed by atoms with van der Waals surface area (Å²) in [7, 11) is 0. The second-order valence-electron chi connectivity index (χ2n) is 1.82. The predicted octanol–water partition coefficient (Wildman–Crippen LogP) is 1.06. The van der Waals surface area contributed by atoms with E-state index in [2.05, 4.69) is 6.92 Å². The molecule has 1 fully saturated rings. The zero-order valence-electron chi connectivity index (χ0n) is 5.02. The predicted molar refractivity (Wildman–Crippen MR) is 25.3 cm³/mol. The fraction of sp³-hybridized carbons (Fsp3) is 1.00. The fourth-order valence-corrected chi connectivity index (χ4v) is 0.739. The van der Waals surface area contributed by atoms with Crippen molar-refractivity contribution in [2.75, 3.05) is 6.61 Å². The van der Waals surface area contributed by atoms with Crippen molar-refractivity contribution in [3.8, 4) is 0 Å². The van der Waals surface area contributed by atoms with Crippen LogP contribution in [0.5, 0.6) is 0 Å². The van der Waals surface area contributed by atoms with Gasteiger partial charge in [-0.25, -0.2) is 0 Å². The van der Waals surface area contributed by atoms with Gasteiger partial charge >= 0.3 is 23.7 Å². The first kappa shape index (κ1) is 8.47. The summed E-state index contributed by atoms with van der Waals surface area (Å²) in [6.07, 6.45) is 3.08. The Morgan fingerprint density at radius 3 is 2.38 bits per heavy atom. The minimum absolute atomic E-state index is 0.546. The molecule has 0 aromatic carbocycles. The van der Waals surface area contributed by atoms with Crippen molar-refractivity contribution < 1.29 is 28.5 Å². The molecule has 1 unspecified atom stereocenters. The summed E-state index contributed by atoms with van der Waals surface area (Å²) in [6, 6.07) is 0. The van der Waals surface area contributed by atoms with Crippen LogP contribution < -0.4 is 0 Å². The van der Waals surface area contributed by atoms with E-state index in [-0.39, 0.29) is 0 Å². The molecule has 1 aliphatic heterocycles. The third-order valence-corrected chi connectivity index (χ3v) is 1.16. The number of hydrogen-bond acceptors (Lipinski definition) is 2. The van der Waals surface area contributed by atoms with Crippen LogP contribution >= 0.6 is 0 Å². The molecule has 0 saturated carbocycles. The SMILES string of the molecule is CC1CCCO1.[O]=[Ti]. The summed E-state index contributed by atoms with van der Waals surface area (Å²) in [5.41, 5.74) is 0. The Balaban J connectivity index is 0.000000222. The van der Waals surface area contributed by atoms with Crippen LogP contribution in [0.15, 0.2) is 0 Å². The summed E-state index contributed by atoms with van der Waals surface area (Å²) < 4.78 is 13.4. The Morgan fingerprint density at radius 1 is 1.62 bits per heavy atom. The summed E-state index contributed by atoms with van der Waals surface area (Å²) in [4.78, 5) is 0. The summed E-state index contributed by atoms with van der Waals surface area (Å²) in [6.45, 7) is 3.11.